The minimum absolute atomic E-state index is 1.29. The average molecular weight is 627 g/mol. The smallest absolute Gasteiger partial charge is 0 e. The van der Waals surface area contributed by atoms with Crippen molar-refractivity contribution in [2.75, 3.05) is 0 Å². The van der Waals surface area contributed by atoms with Crippen molar-refractivity contribution in [3.05, 3.63) is 0 Å². The van der Waals surface area contributed by atoms with Gasteiger partial charge in [-0.25, -0.2) is 0 Å². The number of hydrogen-bond acceptors (Lipinski definition) is 0. The van der Waals surface area contributed by atoms with E-state index in [2.05, 4.69) is 0 Å². The maximum absolute atomic E-state index is 6.79. The molecule has 0 saturated heterocycles. The third kappa shape index (κ3) is 16.5. The predicted octanol–water partition coefficient (Wildman–Crippen LogP) is -22.1. The molecule has 0 rings (SSSR count). The molecule has 58 heavy (non-hydrogen) atoms. The first-order valence-electron chi connectivity index (χ1n) is 19.0. The van der Waals surface area contributed by atoms with Gasteiger partial charge in [0.2, 0.25) is 0 Å². The summed E-state index contributed by atoms with van der Waals surface area (Å²) in [6.45, 7) is 0. The zero-order valence-electron chi connectivity index (χ0n) is 33.5. The lowest BCUT2D eigenvalue weighted by Gasteiger charge is -2.58. The summed E-state index contributed by atoms with van der Waals surface area (Å²) in [6.07, 6.45) is -39.3. The Balaban J connectivity index is 10.4. The molecule has 0 aliphatic rings. The Morgan fingerprint density at radius 3 is 0.259 bits per heavy atom. The molecule has 0 unspecified atom stereocenters. The summed E-state index contributed by atoms with van der Waals surface area (Å²) in [6, 6.07) is 0. The predicted molar refractivity (Wildman–Crippen MR) is 334 cm³/mol. The molecule has 0 atom stereocenters. The average Bonchev–Trinajstić information content (AvgIpc) is 2.99. The van der Waals surface area contributed by atoms with Gasteiger partial charge >= 0.3 is 0 Å². The van der Waals surface area contributed by atoms with E-state index in [1.807, 2.05) is 0 Å². The maximum atomic E-state index is 6.79. The molecule has 0 aliphatic carbocycles. The Morgan fingerprint density at radius 2 is 0.155 bits per heavy atom. The third-order valence-electron chi connectivity index (χ3n) is 12.0. The quantitative estimate of drug-likeness (QED) is 0.0796. The molecule has 174 valence electrons. The van der Waals surface area contributed by atoms with Crippen LogP contribution in [0, 0.1) is 0 Å². The molecule has 58 heteroatoms. The SMILES string of the molecule is [B]B([B])B(B([B])[B])B(B([B])[B])B(B(B(B([B])[B])B([B])[B])B(B([B])[B])B([B])[B])B(B(B(B([B])[B])B([B])[B])B(B([B])[B])B([B])[B])B(B(B([B])[B])B([B])[B])B(B([B])[B])B([B])[B]. The fraction of sp³-hybridized carbons (Fsp3) is 0. The van der Waals surface area contributed by atoms with Crippen molar-refractivity contribution in [3.63, 3.8) is 0 Å². The van der Waals surface area contributed by atoms with Gasteiger partial charge in [0.25, 0.3) is 0 Å². The lowest BCUT2D eigenvalue weighted by atomic mass is 8.23. The van der Waals surface area contributed by atoms with Crippen molar-refractivity contribution >= 4 is 411 Å². The van der Waals surface area contributed by atoms with E-state index >= 15 is 0 Å². The molecule has 0 aromatic carbocycles. The van der Waals surface area contributed by atoms with E-state index in [0.29, 0.717) is 0 Å². The van der Waals surface area contributed by atoms with E-state index in [-0.39, 0.29) is 0 Å². The Bertz CT molecular complexity index is 884. The van der Waals surface area contributed by atoms with Crippen molar-refractivity contribution < 1.29 is 0 Å². The maximum Gasteiger partial charge on any atom is 0 e. The van der Waals surface area contributed by atoms with Gasteiger partial charge in [-0.15, -0.1) is 0 Å². The van der Waals surface area contributed by atoms with E-state index in [0.717, 1.165) is 0 Å². The molecule has 0 aromatic rings. The van der Waals surface area contributed by atoms with Gasteiger partial charge in [-0.05, 0) is 0 Å². The van der Waals surface area contributed by atoms with Crippen LogP contribution in [0.5, 0.6) is 0 Å². The van der Waals surface area contributed by atoms with Crippen LogP contribution < -0.4 is 0 Å². The van der Waals surface area contributed by atoms with Crippen LogP contribution in [0.15, 0.2) is 0 Å². The topological polar surface area (TPSA) is 0 Å². The monoisotopic (exact) mass is 639 g/mol. The molecule has 0 N–H and O–H groups in total. The van der Waals surface area contributed by atoms with E-state index in [1.165, 1.54) is 0 Å². The van der Waals surface area contributed by atoms with Gasteiger partial charge in [0, 0.05) is 411 Å². The van der Waals surface area contributed by atoms with Gasteiger partial charge in [-0.1, -0.05) is 0 Å². The van der Waals surface area contributed by atoms with Gasteiger partial charge < -0.3 is 0 Å². The second-order valence-electron chi connectivity index (χ2n) is 16.2. The highest BCUT2D eigenvalue weighted by Crippen LogP contribution is 2.24. The normalized spacial score (nSPS) is 9.72. The summed E-state index contributed by atoms with van der Waals surface area (Å²) >= 11 is 0. The minimum Gasteiger partial charge on any atom is 0 e. The third-order valence-corrected chi connectivity index (χ3v) is 12.0. The van der Waals surface area contributed by atoms with Crippen LogP contribution in [0.3, 0.4) is 0 Å². The van der Waals surface area contributed by atoms with Crippen LogP contribution in [0.2, 0.25) is 0 Å². The Kier molecular flexibility index (Phi) is 30.0. The molecule has 0 aliphatic heterocycles. The summed E-state index contributed by atoms with van der Waals surface area (Å²) in [5, 5.41) is 0. The van der Waals surface area contributed by atoms with Gasteiger partial charge in [0.1, 0.15) is 0 Å². The summed E-state index contributed by atoms with van der Waals surface area (Å²) in [4.78, 5) is 0. The lowest BCUT2D eigenvalue weighted by molar-refractivity contribution is 3.17. The Hall–Kier alpha value is 3.77. The summed E-state index contributed by atoms with van der Waals surface area (Å²) in [5.74, 6) is 0. The van der Waals surface area contributed by atoms with Crippen LogP contribution in [0.25, 0.3) is 0 Å². The van der Waals surface area contributed by atoms with E-state index < -0.39 is 179 Å². The summed E-state index contributed by atoms with van der Waals surface area (Å²) in [7, 11) is 197. The van der Waals surface area contributed by atoms with Crippen LogP contribution in [0.1, 0.15) is 0 Å². The van der Waals surface area contributed by atoms with Crippen molar-refractivity contribution in [3.8, 4) is 0 Å². The highest BCUT2D eigenvalue weighted by atomic mass is 13.4. The highest BCUT2D eigenvalue weighted by molar-refractivity contribution is 8.37. The molecule has 0 spiro atoms. The lowest BCUT2D eigenvalue weighted by Crippen LogP contribution is -2.96. The second kappa shape index (κ2) is 28.2. The van der Waals surface area contributed by atoms with Gasteiger partial charge in [-0.3, -0.25) is 0 Å². The van der Waals surface area contributed by atoms with E-state index in [9.17, 15) is 0 Å². The minimum atomic E-state index is -1.53. The van der Waals surface area contributed by atoms with Crippen LogP contribution in [-0.4, -0.2) is 411 Å². The van der Waals surface area contributed by atoms with Crippen LogP contribution >= 0.6 is 0 Å². The zero-order chi connectivity index (χ0) is 46.2. The fourth-order valence-electron chi connectivity index (χ4n) is 10.0. The molecule has 0 heterocycles. The molecule has 0 amide bonds. The van der Waals surface area contributed by atoms with Crippen molar-refractivity contribution in [1.82, 2.24) is 0 Å². The highest BCUT2D eigenvalue weighted by Gasteiger charge is 2.62. The summed E-state index contributed by atoms with van der Waals surface area (Å²) in [5.41, 5.74) is 0. The molecule has 0 saturated carbocycles. The standard InChI is InChI=1S/B58/c1-31(2)46(32(3)4)53(45(29)30)57(54(47(33(5)6)34(7)8)48(35(9)10)36(11)12)58(55(49(37(13)14)38(15)16)50(39(17)18)40(19)20)56(51(41(21)22)42(23)24)52(43(25)26)44(27)28. The zero-order valence-corrected chi connectivity index (χ0v) is 33.5. The van der Waals surface area contributed by atoms with E-state index in [4.69, 9.17) is 232 Å². The molecule has 0 fully saturated rings. The van der Waals surface area contributed by atoms with Crippen LogP contribution in [-0.2, 0) is 0 Å². The molecular formula is B58. The number of hydrogen-bond donors (Lipinski definition) is 0. The second-order valence-corrected chi connectivity index (χ2v) is 16.2. The van der Waals surface area contributed by atoms with Crippen molar-refractivity contribution in [2.24, 2.45) is 0 Å². The van der Waals surface area contributed by atoms with Gasteiger partial charge in [-0.2, -0.15) is 0 Å². The molecule has 0 bridgehead atoms. The molecule has 0 nitrogen and oxygen atoms in total. The van der Waals surface area contributed by atoms with Gasteiger partial charge in [0.05, 0.1) is 0 Å². The molecular weight excluding hydrogens is 627 g/mol. The first-order chi connectivity index (χ1) is 26.3. The van der Waals surface area contributed by atoms with Crippen molar-refractivity contribution in [2.45, 2.75) is 0 Å². The largest absolute Gasteiger partial charge is 0 e. The van der Waals surface area contributed by atoms with E-state index in [1.54, 1.807) is 0 Å². The van der Waals surface area contributed by atoms with Crippen molar-refractivity contribution in [1.29, 1.82) is 0 Å². The fourth-order valence-corrected chi connectivity index (χ4v) is 10.0. The molecule has 60 radical (unpaired) electrons. The summed E-state index contributed by atoms with van der Waals surface area (Å²) < 4.78 is 0. The number of rotatable bonds is 27. The van der Waals surface area contributed by atoms with Crippen LogP contribution in [0.4, 0.5) is 0 Å². The first-order valence-corrected chi connectivity index (χ1v) is 19.0. The first kappa shape index (κ1) is 61.8. The molecule has 0 aromatic heterocycles. The van der Waals surface area contributed by atoms with Gasteiger partial charge in [0.15, 0.2) is 0 Å². The Morgan fingerprint density at radius 1 is 0.0862 bits per heavy atom. The Labute approximate surface area is 407 Å².